The van der Waals surface area contributed by atoms with Crippen LogP contribution in [-0.4, -0.2) is 41.9 Å². The maximum atomic E-state index is 12.2. The number of aryl methyl sites for hydroxylation is 1. The lowest BCUT2D eigenvalue weighted by molar-refractivity contribution is -0.127. The van der Waals surface area contributed by atoms with Crippen LogP contribution in [0.2, 0.25) is 0 Å². The predicted molar refractivity (Wildman–Crippen MR) is 96.4 cm³/mol. The summed E-state index contributed by atoms with van der Waals surface area (Å²) in [6.45, 7) is 6.58. The number of piperazine rings is 1. The maximum Gasteiger partial charge on any atom is 0.246 e. The van der Waals surface area contributed by atoms with Crippen molar-refractivity contribution in [2.45, 2.75) is 13.5 Å². The van der Waals surface area contributed by atoms with E-state index in [2.05, 4.69) is 36.1 Å². The average molecular weight is 326 g/mol. The van der Waals surface area contributed by atoms with Gasteiger partial charge in [-0.1, -0.05) is 35.9 Å². The number of carbonyl (C=O) groups excluding carboxylic acids is 1. The van der Waals surface area contributed by atoms with Gasteiger partial charge in [0.25, 0.3) is 0 Å². The van der Waals surface area contributed by atoms with Gasteiger partial charge in [-0.3, -0.25) is 9.69 Å². The molecule has 0 unspecified atom stereocenters. The van der Waals surface area contributed by atoms with Crippen LogP contribution in [0, 0.1) is 6.92 Å². The van der Waals surface area contributed by atoms with Gasteiger partial charge in [0.05, 0.1) is 0 Å². The third kappa shape index (κ3) is 4.53. The molecule has 0 bridgehead atoms. The fourth-order valence-electron chi connectivity index (χ4n) is 2.84. The molecule has 1 saturated heterocycles. The van der Waals surface area contributed by atoms with Crippen LogP contribution in [0.15, 0.2) is 47.9 Å². The molecule has 3 nitrogen and oxygen atoms in total. The zero-order valence-electron chi connectivity index (χ0n) is 13.4. The van der Waals surface area contributed by atoms with Gasteiger partial charge in [0.15, 0.2) is 0 Å². The molecule has 0 radical (unpaired) electrons. The van der Waals surface area contributed by atoms with Gasteiger partial charge in [-0.05, 0) is 30.0 Å². The molecule has 4 heteroatoms. The number of nitrogens with zero attached hydrogens (tertiary/aromatic N) is 2. The van der Waals surface area contributed by atoms with E-state index < -0.39 is 0 Å². The highest BCUT2D eigenvalue weighted by molar-refractivity contribution is 7.10. The fraction of sp³-hybridized carbons (Fsp3) is 0.316. The molecular formula is C19H22N2OS. The molecule has 2 heterocycles. The molecule has 0 N–H and O–H groups in total. The van der Waals surface area contributed by atoms with Crippen LogP contribution in [-0.2, 0) is 11.3 Å². The molecule has 2 aromatic rings. The first-order chi connectivity index (χ1) is 11.2. The molecule has 0 spiro atoms. The number of thiophene rings is 1. The summed E-state index contributed by atoms with van der Waals surface area (Å²) in [6, 6.07) is 12.7. The van der Waals surface area contributed by atoms with Crippen molar-refractivity contribution in [2.75, 3.05) is 26.2 Å². The average Bonchev–Trinajstić information content (AvgIpc) is 3.07. The highest BCUT2D eigenvalue weighted by atomic mass is 32.1. The molecule has 0 saturated carbocycles. The minimum absolute atomic E-state index is 0.119. The molecule has 0 aliphatic carbocycles. The number of benzene rings is 1. The minimum Gasteiger partial charge on any atom is -0.337 e. The second-order valence-corrected chi connectivity index (χ2v) is 6.92. The topological polar surface area (TPSA) is 23.6 Å². The van der Waals surface area contributed by atoms with Gasteiger partial charge in [0.2, 0.25) is 5.91 Å². The Kier molecular flexibility index (Phi) is 5.26. The SMILES string of the molecule is Cc1cccc(CN2CCN(C(=O)/C=C/c3cccs3)CC2)c1. The molecule has 120 valence electrons. The number of amides is 1. The van der Waals surface area contributed by atoms with Crippen molar-refractivity contribution in [1.82, 2.24) is 9.80 Å². The highest BCUT2D eigenvalue weighted by Crippen LogP contribution is 2.13. The van der Waals surface area contributed by atoms with Gasteiger partial charge in [-0.25, -0.2) is 0 Å². The second-order valence-electron chi connectivity index (χ2n) is 5.94. The first kappa shape index (κ1) is 16.0. The Labute approximate surface area is 141 Å². The van der Waals surface area contributed by atoms with Crippen molar-refractivity contribution in [2.24, 2.45) is 0 Å². The molecule has 1 amide bonds. The van der Waals surface area contributed by atoms with Crippen LogP contribution in [0.4, 0.5) is 0 Å². The highest BCUT2D eigenvalue weighted by Gasteiger charge is 2.19. The lowest BCUT2D eigenvalue weighted by Crippen LogP contribution is -2.47. The van der Waals surface area contributed by atoms with Crippen LogP contribution in [0.1, 0.15) is 16.0 Å². The lowest BCUT2D eigenvalue weighted by Gasteiger charge is -2.34. The molecule has 0 atom stereocenters. The van der Waals surface area contributed by atoms with E-state index in [4.69, 9.17) is 0 Å². The Morgan fingerprint density at radius 1 is 1.17 bits per heavy atom. The molecule has 3 rings (SSSR count). The van der Waals surface area contributed by atoms with E-state index in [9.17, 15) is 4.79 Å². The Morgan fingerprint density at radius 2 is 2.00 bits per heavy atom. The Morgan fingerprint density at radius 3 is 2.70 bits per heavy atom. The van der Waals surface area contributed by atoms with E-state index in [1.165, 1.54) is 11.1 Å². The number of rotatable bonds is 4. The maximum absolute atomic E-state index is 12.2. The smallest absolute Gasteiger partial charge is 0.246 e. The Hall–Kier alpha value is -1.91. The molecule has 1 fully saturated rings. The van der Waals surface area contributed by atoms with Crippen LogP contribution in [0.25, 0.3) is 6.08 Å². The minimum atomic E-state index is 0.119. The molecule has 1 aliphatic rings. The third-order valence-corrected chi connectivity index (χ3v) is 4.94. The summed E-state index contributed by atoms with van der Waals surface area (Å²) < 4.78 is 0. The molecule has 1 aliphatic heterocycles. The second kappa shape index (κ2) is 7.57. The van der Waals surface area contributed by atoms with Gasteiger partial charge in [0.1, 0.15) is 0 Å². The summed E-state index contributed by atoms with van der Waals surface area (Å²) in [7, 11) is 0. The number of carbonyl (C=O) groups is 1. The summed E-state index contributed by atoms with van der Waals surface area (Å²) in [5, 5.41) is 2.02. The standard InChI is InChI=1S/C19H22N2OS/c1-16-4-2-5-17(14-16)15-20-9-11-21(12-10-20)19(22)8-7-18-6-3-13-23-18/h2-8,13-14H,9-12,15H2,1H3/b8-7+. The van der Waals surface area contributed by atoms with Gasteiger partial charge < -0.3 is 4.90 Å². The van der Waals surface area contributed by atoms with Crippen molar-refractivity contribution in [3.63, 3.8) is 0 Å². The van der Waals surface area contributed by atoms with E-state index in [1.54, 1.807) is 17.4 Å². The fourth-order valence-corrected chi connectivity index (χ4v) is 3.46. The van der Waals surface area contributed by atoms with Crippen LogP contribution in [0.3, 0.4) is 0 Å². The van der Waals surface area contributed by atoms with Crippen LogP contribution < -0.4 is 0 Å². The summed E-state index contributed by atoms with van der Waals surface area (Å²) in [6.07, 6.45) is 3.61. The molecule has 23 heavy (non-hydrogen) atoms. The third-order valence-electron chi connectivity index (χ3n) is 4.11. The van der Waals surface area contributed by atoms with E-state index in [0.29, 0.717) is 0 Å². The first-order valence-corrected chi connectivity index (χ1v) is 8.87. The van der Waals surface area contributed by atoms with E-state index in [0.717, 1.165) is 37.6 Å². The summed E-state index contributed by atoms with van der Waals surface area (Å²) >= 11 is 1.65. The van der Waals surface area contributed by atoms with Crippen molar-refractivity contribution < 1.29 is 4.79 Å². The lowest BCUT2D eigenvalue weighted by atomic mass is 10.1. The number of hydrogen-bond donors (Lipinski definition) is 0. The largest absolute Gasteiger partial charge is 0.337 e. The molecule has 1 aromatic carbocycles. The molecular weight excluding hydrogens is 304 g/mol. The van der Waals surface area contributed by atoms with E-state index in [1.807, 2.05) is 28.5 Å². The Bertz CT molecular complexity index is 670. The van der Waals surface area contributed by atoms with Crippen molar-refractivity contribution >= 4 is 23.3 Å². The van der Waals surface area contributed by atoms with Gasteiger partial charge in [-0.2, -0.15) is 0 Å². The normalized spacial score (nSPS) is 16.1. The van der Waals surface area contributed by atoms with Gasteiger partial charge >= 0.3 is 0 Å². The van der Waals surface area contributed by atoms with Crippen molar-refractivity contribution in [3.05, 3.63) is 63.9 Å². The van der Waals surface area contributed by atoms with Crippen molar-refractivity contribution in [3.8, 4) is 0 Å². The summed E-state index contributed by atoms with van der Waals surface area (Å²) in [5.74, 6) is 0.119. The summed E-state index contributed by atoms with van der Waals surface area (Å²) in [5.41, 5.74) is 2.65. The first-order valence-electron chi connectivity index (χ1n) is 7.99. The zero-order chi connectivity index (χ0) is 16.1. The van der Waals surface area contributed by atoms with Gasteiger partial charge in [-0.15, -0.1) is 11.3 Å². The zero-order valence-corrected chi connectivity index (χ0v) is 14.3. The van der Waals surface area contributed by atoms with Crippen molar-refractivity contribution in [1.29, 1.82) is 0 Å². The molecule has 1 aromatic heterocycles. The van der Waals surface area contributed by atoms with Crippen LogP contribution in [0.5, 0.6) is 0 Å². The summed E-state index contributed by atoms with van der Waals surface area (Å²) in [4.78, 5) is 17.7. The van der Waals surface area contributed by atoms with Crippen LogP contribution >= 0.6 is 11.3 Å². The predicted octanol–water partition coefficient (Wildman–Crippen LogP) is 3.41. The number of hydrogen-bond acceptors (Lipinski definition) is 3. The monoisotopic (exact) mass is 326 g/mol. The van der Waals surface area contributed by atoms with E-state index in [-0.39, 0.29) is 5.91 Å². The Balaban J connectivity index is 1.49. The van der Waals surface area contributed by atoms with Gasteiger partial charge in [0, 0.05) is 43.7 Å². The quantitative estimate of drug-likeness (QED) is 0.804. The van der Waals surface area contributed by atoms with E-state index >= 15 is 0 Å².